The minimum atomic E-state index is -1.05. The molecular weight excluding hydrogens is 556 g/mol. The highest BCUT2D eigenvalue weighted by Crippen LogP contribution is 2.19. The Kier molecular flexibility index (Phi) is 12.2. The first-order valence-corrected chi connectivity index (χ1v) is 14.5. The number of nitrogens with one attached hydrogen (secondary N) is 2. The minimum absolute atomic E-state index is 0.00748. The third kappa shape index (κ3) is 10.5. The van der Waals surface area contributed by atoms with E-state index in [9.17, 15) is 19.2 Å². The van der Waals surface area contributed by atoms with Crippen molar-refractivity contribution in [1.29, 1.82) is 0 Å². The molecule has 3 N–H and O–H groups in total. The van der Waals surface area contributed by atoms with Crippen molar-refractivity contribution < 1.29 is 33.8 Å². The lowest BCUT2D eigenvalue weighted by Gasteiger charge is -2.36. The number of esters is 1. The number of aromatic nitrogens is 2. The average Bonchev–Trinajstić information content (AvgIpc) is 2.98. The molecule has 0 radical (unpaired) electrons. The molecule has 13 heteroatoms. The molecule has 1 aromatic heterocycles. The second-order valence-electron chi connectivity index (χ2n) is 11.0. The van der Waals surface area contributed by atoms with Crippen molar-refractivity contribution in [2.75, 3.05) is 51.3 Å². The van der Waals surface area contributed by atoms with E-state index in [-0.39, 0.29) is 63.8 Å². The first kappa shape index (κ1) is 33.2. The van der Waals surface area contributed by atoms with E-state index in [1.807, 2.05) is 30.3 Å². The van der Waals surface area contributed by atoms with Gasteiger partial charge in [-0.1, -0.05) is 30.3 Å². The highest BCUT2D eigenvalue weighted by Gasteiger charge is 2.32. The van der Waals surface area contributed by atoms with Crippen LogP contribution in [0.15, 0.2) is 36.4 Å². The number of rotatable bonds is 12. The van der Waals surface area contributed by atoms with Crippen LogP contribution in [0.25, 0.3) is 11.4 Å². The summed E-state index contributed by atoms with van der Waals surface area (Å²) < 4.78 is 10.5. The molecule has 3 amide bonds. The van der Waals surface area contributed by atoms with Crippen LogP contribution < -0.4 is 10.6 Å². The highest BCUT2D eigenvalue weighted by molar-refractivity contribution is 5.97. The number of ether oxygens (including phenoxy) is 2. The molecule has 2 aromatic rings. The molecule has 43 heavy (non-hydrogen) atoms. The molecule has 0 saturated carbocycles. The van der Waals surface area contributed by atoms with Gasteiger partial charge in [-0.15, -0.1) is 0 Å². The van der Waals surface area contributed by atoms with Crippen molar-refractivity contribution in [3.05, 3.63) is 42.1 Å². The second kappa shape index (κ2) is 15.8. The van der Waals surface area contributed by atoms with Gasteiger partial charge in [-0.25, -0.2) is 14.8 Å². The molecule has 1 fully saturated rings. The van der Waals surface area contributed by atoms with Gasteiger partial charge in [-0.3, -0.25) is 14.4 Å². The van der Waals surface area contributed by atoms with E-state index in [0.29, 0.717) is 30.2 Å². The van der Waals surface area contributed by atoms with Crippen molar-refractivity contribution >= 4 is 29.7 Å². The maximum atomic E-state index is 13.7. The zero-order chi connectivity index (χ0) is 31.4. The van der Waals surface area contributed by atoms with E-state index in [0.717, 1.165) is 0 Å². The normalized spacial score (nSPS) is 14.1. The van der Waals surface area contributed by atoms with Gasteiger partial charge in [-0.05, 0) is 40.5 Å². The Morgan fingerprint density at radius 3 is 2.33 bits per heavy atom. The van der Waals surface area contributed by atoms with Crippen LogP contribution in [0.1, 0.15) is 57.4 Å². The maximum absolute atomic E-state index is 13.7. The van der Waals surface area contributed by atoms with Crippen LogP contribution in [0.5, 0.6) is 0 Å². The number of carbonyl (C=O) groups is 4. The highest BCUT2D eigenvalue weighted by atomic mass is 16.6. The molecule has 0 bridgehead atoms. The van der Waals surface area contributed by atoms with Gasteiger partial charge in [-0.2, -0.15) is 0 Å². The zero-order valence-electron chi connectivity index (χ0n) is 25.3. The van der Waals surface area contributed by atoms with Gasteiger partial charge in [0.2, 0.25) is 5.91 Å². The summed E-state index contributed by atoms with van der Waals surface area (Å²) in [5.74, 6) is -0.780. The monoisotopic (exact) mass is 598 g/mol. The quantitative estimate of drug-likeness (QED) is 0.244. The van der Waals surface area contributed by atoms with Crippen molar-refractivity contribution in [1.82, 2.24) is 25.1 Å². The number of aliphatic hydroxyl groups excluding tert-OH is 1. The summed E-state index contributed by atoms with van der Waals surface area (Å²) in [6, 6.07) is 9.58. The van der Waals surface area contributed by atoms with E-state index in [2.05, 4.69) is 20.6 Å². The molecule has 0 spiro atoms. The van der Waals surface area contributed by atoms with Crippen LogP contribution in [0, 0.1) is 0 Å². The van der Waals surface area contributed by atoms with Crippen molar-refractivity contribution in [3.8, 4) is 11.4 Å². The Labute approximate surface area is 252 Å². The van der Waals surface area contributed by atoms with Gasteiger partial charge in [0.05, 0.1) is 6.61 Å². The lowest BCUT2D eigenvalue weighted by molar-refractivity contribution is -0.155. The van der Waals surface area contributed by atoms with Gasteiger partial charge in [0, 0.05) is 57.4 Å². The van der Waals surface area contributed by atoms with E-state index in [1.54, 1.807) is 32.6 Å². The molecule has 1 aliphatic rings. The molecule has 1 aliphatic heterocycles. The maximum Gasteiger partial charge on any atom is 0.409 e. The fourth-order valence-electron chi connectivity index (χ4n) is 4.35. The summed E-state index contributed by atoms with van der Waals surface area (Å²) >= 11 is 0. The first-order valence-electron chi connectivity index (χ1n) is 14.5. The van der Waals surface area contributed by atoms with E-state index in [1.165, 1.54) is 11.0 Å². The molecule has 234 valence electrons. The average molecular weight is 599 g/mol. The Hall–Kier alpha value is -4.26. The third-order valence-electron chi connectivity index (χ3n) is 6.41. The van der Waals surface area contributed by atoms with Crippen LogP contribution >= 0.6 is 0 Å². The molecule has 1 unspecified atom stereocenters. The number of hydrogen-bond donors (Lipinski definition) is 3. The number of hydrogen-bond acceptors (Lipinski definition) is 10. The second-order valence-corrected chi connectivity index (χ2v) is 11.0. The fraction of sp³-hybridized carbons (Fsp3) is 0.533. The van der Waals surface area contributed by atoms with Gasteiger partial charge in [0.15, 0.2) is 5.82 Å². The van der Waals surface area contributed by atoms with E-state index < -0.39 is 29.6 Å². The standard InChI is InChI=1S/C30H42N6O7/c1-5-42-29(41)36-17-15-35(16-18-36)28(40)22(12-13-25(38)43-30(2,3)4)33-27(39)23-20-24(31-14-9-19-37)34-26(32-23)21-10-7-6-8-11-21/h6-8,10-11,20,22,37H,5,9,12-19H2,1-4H3,(H,33,39)(H,31,32,34). The molecule has 0 aliphatic carbocycles. The van der Waals surface area contributed by atoms with Crippen molar-refractivity contribution in [2.45, 2.75) is 58.6 Å². The van der Waals surface area contributed by atoms with Crippen LogP contribution in [0.2, 0.25) is 0 Å². The van der Waals surface area contributed by atoms with Crippen molar-refractivity contribution in [2.24, 2.45) is 0 Å². The summed E-state index contributed by atoms with van der Waals surface area (Å²) in [5, 5.41) is 15.0. The Morgan fingerprint density at radius 1 is 1.02 bits per heavy atom. The van der Waals surface area contributed by atoms with Gasteiger partial charge in [0.25, 0.3) is 5.91 Å². The topological polar surface area (TPSA) is 163 Å². The van der Waals surface area contributed by atoms with E-state index >= 15 is 0 Å². The van der Waals surface area contributed by atoms with Crippen molar-refractivity contribution in [3.63, 3.8) is 0 Å². The molecule has 1 aromatic carbocycles. The number of benzene rings is 1. The first-order chi connectivity index (χ1) is 20.5. The van der Waals surface area contributed by atoms with Crippen LogP contribution in [-0.4, -0.2) is 106 Å². The zero-order valence-corrected chi connectivity index (χ0v) is 25.3. The number of anilines is 1. The summed E-state index contributed by atoms with van der Waals surface area (Å²) in [4.78, 5) is 63.9. The predicted octanol–water partition coefficient (Wildman–Crippen LogP) is 2.46. The smallest absolute Gasteiger partial charge is 0.409 e. The number of amides is 3. The van der Waals surface area contributed by atoms with Crippen LogP contribution in [-0.2, 0) is 19.1 Å². The lowest BCUT2D eigenvalue weighted by atomic mass is 10.1. The largest absolute Gasteiger partial charge is 0.460 e. The molecule has 2 heterocycles. The minimum Gasteiger partial charge on any atom is -0.460 e. The molecular formula is C30H42N6O7. The summed E-state index contributed by atoms with van der Waals surface area (Å²) in [7, 11) is 0. The Balaban J connectivity index is 1.82. The van der Waals surface area contributed by atoms with Gasteiger partial charge >= 0.3 is 12.1 Å². The van der Waals surface area contributed by atoms with Crippen LogP contribution in [0.4, 0.5) is 10.6 Å². The van der Waals surface area contributed by atoms with Crippen LogP contribution in [0.3, 0.4) is 0 Å². The number of carbonyl (C=O) groups excluding carboxylic acids is 4. The predicted molar refractivity (Wildman–Crippen MR) is 159 cm³/mol. The molecule has 13 nitrogen and oxygen atoms in total. The summed E-state index contributed by atoms with van der Waals surface area (Å²) in [6.45, 7) is 8.73. The number of piperazine rings is 1. The SMILES string of the molecule is CCOC(=O)N1CCN(C(=O)C(CCC(=O)OC(C)(C)C)NC(=O)c2cc(NCCCO)nc(-c3ccccc3)n2)CC1. The molecule has 3 rings (SSSR count). The fourth-order valence-corrected chi connectivity index (χ4v) is 4.35. The number of nitrogens with zero attached hydrogens (tertiary/aromatic N) is 4. The summed E-state index contributed by atoms with van der Waals surface area (Å²) in [5.41, 5.74) is 0.0271. The molecule has 1 saturated heterocycles. The Morgan fingerprint density at radius 2 is 1.70 bits per heavy atom. The third-order valence-corrected chi connectivity index (χ3v) is 6.41. The van der Waals surface area contributed by atoms with Gasteiger partial charge < -0.3 is 35.0 Å². The number of aliphatic hydroxyl groups is 1. The van der Waals surface area contributed by atoms with E-state index in [4.69, 9.17) is 14.6 Å². The lowest BCUT2D eigenvalue weighted by Crippen LogP contribution is -2.56. The Bertz CT molecular complexity index is 1240. The summed E-state index contributed by atoms with van der Waals surface area (Å²) in [6.07, 6.45) is -0.0399. The molecule has 1 atom stereocenters. The van der Waals surface area contributed by atoms with Gasteiger partial charge in [0.1, 0.15) is 23.2 Å².